The molecule has 1 saturated heterocycles. The minimum Gasteiger partial charge on any atom is -0.494 e. The number of carbonyl (C=O) groups excluding carboxylic acids is 3. The van der Waals surface area contributed by atoms with E-state index in [0.717, 1.165) is 6.42 Å². The Morgan fingerprint density at radius 1 is 1.21 bits per heavy atom. The first kappa shape index (κ1) is 37.3. The number of allylic oxidation sites excluding steroid dienone is 1. The topological polar surface area (TPSA) is 193 Å². The largest absolute Gasteiger partial charge is 0.494 e. The summed E-state index contributed by atoms with van der Waals surface area (Å²) in [5, 5.41) is 16.0. The minimum absolute atomic E-state index is 0.0284. The number of ether oxygens (including phenoxy) is 2. The molecule has 52 heavy (non-hydrogen) atoms. The maximum Gasteiger partial charge on any atom is 0.405 e. The summed E-state index contributed by atoms with van der Waals surface area (Å²) in [6.45, 7) is 5.32. The molecule has 0 unspecified atom stereocenters. The van der Waals surface area contributed by atoms with Crippen molar-refractivity contribution in [3.8, 4) is 11.6 Å². The lowest BCUT2D eigenvalue weighted by Crippen LogP contribution is -2.59. The number of pyridine rings is 1. The summed E-state index contributed by atoms with van der Waals surface area (Å²) >= 11 is 0. The van der Waals surface area contributed by atoms with Gasteiger partial charge < -0.3 is 30.1 Å². The van der Waals surface area contributed by atoms with Gasteiger partial charge in [-0.3, -0.25) is 19.1 Å². The number of nitrogens with zero attached hydrogens (tertiary/aromatic N) is 2. The summed E-state index contributed by atoms with van der Waals surface area (Å²) in [6, 6.07) is 1.96. The van der Waals surface area contributed by atoms with E-state index in [0.29, 0.717) is 42.9 Å². The van der Waals surface area contributed by atoms with E-state index in [9.17, 15) is 37.1 Å². The van der Waals surface area contributed by atoms with Gasteiger partial charge >= 0.3 is 6.09 Å². The van der Waals surface area contributed by atoms with E-state index in [4.69, 9.17) is 9.47 Å². The van der Waals surface area contributed by atoms with Crippen molar-refractivity contribution in [1.82, 2.24) is 25.2 Å². The summed E-state index contributed by atoms with van der Waals surface area (Å²) in [4.78, 5) is 60.2. The van der Waals surface area contributed by atoms with Crippen LogP contribution in [0.5, 0.6) is 11.6 Å². The molecule has 16 heteroatoms. The molecular weight excluding hydrogens is 697 g/mol. The minimum atomic E-state index is -4.03. The van der Waals surface area contributed by atoms with Gasteiger partial charge in [0.25, 0.3) is 5.91 Å². The lowest BCUT2D eigenvalue weighted by Gasteiger charge is -2.33. The van der Waals surface area contributed by atoms with Gasteiger partial charge in [-0.2, -0.15) is 0 Å². The average molecular weight is 744 g/mol. The Morgan fingerprint density at radius 2 is 1.96 bits per heavy atom. The molecule has 2 aromatic rings. The lowest BCUT2D eigenvalue weighted by molar-refractivity contribution is -0.142. The first-order valence-electron chi connectivity index (χ1n) is 17.8. The predicted molar refractivity (Wildman–Crippen MR) is 187 cm³/mol. The molecule has 2 saturated carbocycles. The van der Waals surface area contributed by atoms with Gasteiger partial charge in [0.05, 0.1) is 18.4 Å². The van der Waals surface area contributed by atoms with E-state index in [1.807, 2.05) is 26.0 Å². The highest BCUT2D eigenvalue weighted by atomic mass is 32.2. The molecule has 3 fully saturated rings. The van der Waals surface area contributed by atoms with Crippen LogP contribution in [0.25, 0.3) is 10.8 Å². The van der Waals surface area contributed by atoms with Gasteiger partial charge in [-0.25, -0.2) is 22.6 Å². The van der Waals surface area contributed by atoms with Crippen LogP contribution in [0.1, 0.15) is 72.1 Å². The first-order valence-corrected chi connectivity index (χ1v) is 19.2. The molecule has 4 amide bonds. The van der Waals surface area contributed by atoms with Crippen LogP contribution in [-0.4, -0.2) is 89.4 Å². The molecular formula is C36H46FN5O9S. The molecule has 1 aromatic carbocycles. The highest BCUT2D eigenvalue weighted by molar-refractivity contribution is 7.91. The van der Waals surface area contributed by atoms with Crippen molar-refractivity contribution in [2.45, 2.75) is 101 Å². The van der Waals surface area contributed by atoms with Crippen molar-refractivity contribution in [1.29, 1.82) is 0 Å². The van der Waals surface area contributed by atoms with Crippen molar-refractivity contribution >= 4 is 44.6 Å². The zero-order chi connectivity index (χ0) is 37.6. The molecule has 0 bridgehead atoms. The Kier molecular flexibility index (Phi) is 10.2. The normalized spacial score (nSPS) is 30.2. The van der Waals surface area contributed by atoms with Gasteiger partial charge in [0.2, 0.25) is 27.7 Å². The van der Waals surface area contributed by atoms with E-state index in [1.54, 1.807) is 13.0 Å². The van der Waals surface area contributed by atoms with Gasteiger partial charge in [-0.05, 0) is 80.9 Å². The summed E-state index contributed by atoms with van der Waals surface area (Å²) in [6.07, 6.45) is 6.25. The van der Waals surface area contributed by atoms with Crippen molar-refractivity contribution in [3.05, 3.63) is 42.4 Å². The number of benzene rings is 1. The second-order valence-corrected chi connectivity index (χ2v) is 17.1. The number of carbonyl (C=O) groups is 4. The SMILES string of the molecule is CC[C@@H]1C[C@@H](C)CCC=C[C@@H]2C[C@@]2(C(=O)NS(=O)(=O)C2(C)CC2)NC(=O)[C@@H]2C[C@@H](Oc3nccc4cc(OC)c(F)cc34)CN2C(=O)[C@H]1NC(=O)O. The number of halogens is 1. The number of nitrogens with one attached hydrogen (secondary N) is 3. The number of sulfonamides is 1. The van der Waals surface area contributed by atoms with Crippen LogP contribution in [0.4, 0.5) is 9.18 Å². The molecule has 7 atom stereocenters. The van der Waals surface area contributed by atoms with Crippen molar-refractivity contribution < 1.29 is 46.6 Å². The Labute approximate surface area is 301 Å². The third-order valence-corrected chi connectivity index (χ3v) is 13.3. The van der Waals surface area contributed by atoms with Crippen LogP contribution in [-0.2, 0) is 24.4 Å². The second kappa shape index (κ2) is 14.2. The molecule has 4 N–H and O–H groups in total. The summed E-state index contributed by atoms with van der Waals surface area (Å²) in [7, 11) is -2.68. The van der Waals surface area contributed by atoms with Gasteiger partial charge in [0.1, 0.15) is 23.7 Å². The van der Waals surface area contributed by atoms with Crippen LogP contribution < -0.4 is 24.8 Å². The van der Waals surface area contributed by atoms with Crippen molar-refractivity contribution in [2.75, 3.05) is 13.7 Å². The Bertz CT molecular complexity index is 1900. The molecule has 4 aliphatic rings. The standard InChI is InChI=1S/C36H46FN5O9S/c1-5-21-14-20(2)8-6-7-9-23-18-36(23,33(45)41-52(48,49)35(3)11-12-35)40-30(43)27-16-24(19-42(27)32(44)29(21)39-34(46)47)51-31-25-17-26(37)28(50-4)15-22(25)10-13-38-31/h7,9-10,13,15,17,20-21,23-24,27,29,39H,5-6,8,11-12,14,16,18-19H2,1-4H3,(H,40,43)(H,41,45)(H,46,47)/t20-,21+,23+,24+,27-,29-,36+/m0/s1. The van der Waals surface area contributed by atoms with E-state index in [1.165, 1.54) is 30.3 Å². The molecule has 2 aliphatic heterocycles. The first-order chi connectivity index (χ1) is 24.6. The fourth-order valence-corrected chi connectivity index (χ4v) is 8.82. The van der Waals surface area contributed by atoms with Crippen LogP contribution in [0.3, 0.4) is 0 Å². The number of hydrogen-bond acceptors (Lipinski definition) is 9. The molecule has 14 nitrogen and oxygen atoms in total. The number of hydrogen-bond donors (Lipinski definition) is 4. The number of fused-ring (bicyclic) bond motifs is 3. The van der Waals surface area contributed by atoms with Crippen molar-refractivity contribution in [2.24, 2.45) is 17.8 Å². The number of carboxylic acid groups (broad SMARTS) is 1. The Balaban J connectivity index is 1.35. The van der Waals surface area contributed by atoms with Crippen LogP contribution >= 0.6 is 0 Å². The number of amides is 4. The van der Waals surface area contributed by atoms with Gasteiger partial charge in [-0.15, -0.1) is 0 Å². The third kappa shape index (κ3) is 7.26. The summed E-state index contributed by atoms with van der Waals surface area (Å²) < 4.78 is 53.5. The van der Waals surface area contributed by atoms with Gasteiger partial charge in [0.15, 0.2) is 11.6 Å². The third-order valence-electron chi connectivity index (χ3n) is 11.2. The quantitative estimate of drug-likeness (QED) is 0.290. The summed E-state index contributed by atoms with van der Waals surface area (Å²) in [5.41, 5.74) is -1.58. The van der Waals surface area contributed by atoms with Crippen LogP contribution in [0.15, 0.2) is 36.5 Å². The highest BCUT2D eigenvalue weighted by Crippen LogP contribution is 2.47. The monoisotopic (exact) mass is 743 g/mol. The maximum atomic E-state index is 14.8. The Hall–Kier alpha value is -4.47. The van der Waals surface area contributed by atoms with E-state index in [2.05, 4.69) is 20.3 Å². The van der Waals surface area contributed by atoms with Crippen LogP contribution in [0, 0.1) is 23.6 Å². The van der Waals surface area contributed by atoms with E-state index in [-0.39, 0.29) is 36.9 Å². The number of methoxy groups -OCH3 is 1. The van der Waals surface area contributed by atoms with E-state index < -0.39 is 80.0 Å². The molecule has 282 valence electrons. The van der Waals surface area contributed by atoms with Gasteiger partial charge in [0, 0.05) is 23.9 Å². The molecule has 1 aromatic heterocycles. The predicted octanol–water partition coefficient (Wildman–Crippen LogP) is 3.64. The number of rotatable bonds is 8. The molecule has 0 radical (unpaired) electrons. The van der Waals surface area contributed by atoms with Crippen LogP contribution in [0.2, 0.25) is 0 Å². The van der Waals surface area contributed by atoms with Crippen molar-refractivity contribution in [3.63, 3.8) is 0 Å². The molecule has 6 rings (SSSR count). The number of aromatic nitrogens is 1. The maximum absolute atomic E-state index is 14.8. The molecule has 2 aliphatic carbocycles. The van der Waals surface area contributed by atoms with E-state index >= 15 is 0 Å². The average Bonchev–Trinajstić information content (AvgIpc) is 3.97. The smallest absolute Gasteiger partial charge is 0.405 e. The summed E-state index contributed by atoms with van der Waals surface area (Å²) in [5.74, 6) is -3.53. The lowest BCUT2D eigenvalue weighted by atomic mass is 9.85. The molecule has 3 heterocycles. The fourth-order valence-electron chi connectivity index (χ4n) is 7.50. The Morgan fingerprint density at radius 3 is 2.63 bits per heavy atom. The fraction of sp³-hybridized carbons (Fsp3) is 0.583. The zero-order valence-corrected chi connectivity index (χ0v) is 30.5. The molecule has 0 spiro atoms. The highest BCUT2D eigenvalue weighted by Gasteiger charge is 2.63. The second-order valence-electron chi connectivity index (χ2n) is 14.9. The zero-order valence-electron chi connectivity index (χ0n) is 29.7. The van der Waals surface area contributed by atoms with Gasteiger partial charge in [-0.1, -0.05) is 32.4 Å².